The highest BCUT2D eigenvalue weighted by Crippen LogP contribution is 2.44. The van der Waals surface area contributed by atoms with Crippen LogP contribution in [0.5, 0.6) is 5.75 Å². The number of halogens is 3. The lowest BCUT2D eigenvalue weighted by Crippen LogP contribution is -2.64. The second-order valence-corrected chi connectivity index (χ2v) is 12.8. The third-order valence-corrected chi connectivity index (χ3v) is 9.64. The molecule has 3 aliphatic rings. The van der Waals surface area contributed by atoms with Crippen LogP contribution in [0.25, 0.3) is 33.2 Å². The first kappa shape index (κ1) is 29.7. The minimum absolute atomic E-state index is 0.0405. The van der Waals surface area contributed by atoms with Crippen LogP contribution < -0.4 is 9.64 Å². The molecule has 8 rings (SSSR count). The van der Waals surface area contributed by atoms with Gasteiger partial charge in [-0.1, -0.05) is 41.4 Å². The number of amides is 1. The van der Waals surface area contributed by atoms with E-state index < -0.39 is 17.7 Å². The number of rotatable bonds is 5. The van der Waals surface area contributed by atoms with Crippen LogP contribution in [-0.2, 0) is 18.3 Å². The number of aromatic nitrogens is 3. The number of pyridine rings is 1. The number of aryl methyl sites for hydroxylation is 1. The number of para-hydroxylation sites is 1. The van der Waals surface area contributed by atoms with Gasteiger partial charge in [-0.3, -0.25) is 14.5 Å². The molecule has 1 amide bonds. The Bertz CT molecular complexity index is 2100. The van der Waals surface area contributed by atoms with Crippen molar-refractivity contribution < 1.29 is 28.6 Å². The topological polar surface area (TPSA) is 110 Å². The maximum Gasteiger partial charge on any atom is 0.337 e. The maximum absolute atomic E-state index is 15.6. The summed E-state index contributed by atoms with van der Waals surface area (Å²) in [7, 11) is 1.82. The molecular weight excluding hydrogens is 648 g/mol. The van der Waals surface area contributed by atoms with Gasteiger partial charge < -0.3 is 24.4 Å². The number of carboxylic acids is 1. The number of aromatic carboxylic acids is 1. The SMILES string of the molecule is Cn1cc2cncc(-c3cc(Cl)c(C(=O)N4COc5c(cccc5-c5cc(N6C7COCC6C7)c(C(=O)O)cc5F)C4)c(Cl)c3)c2n1. The van der Waals surface area contributed by atoms with Crippen LogP contribution in [0.4, 0.5) is 10.1 Å². The Hall–Kier alpha value is -4.71. The molecular formula is C34H26Cl2FN5O5. The smallest absolute Gasteiger partial charge is 0.337 e. The summed E-state index contributed by atoms with van der Waals surface area (Å²) in [4.78, 5) is 33.7. The van der Waals surface area contributed by atoms with Crippen molar-refractivity contribution in [2.45, 2.75) is 25.0 Å². The number of hydrogen-bond acceptors (Lipinski definition) is 7. The second kappa shape index (κ2) is 11.2. The van der Waals surface area contributed by atoms with Crippen LogP contribution in [0.3, 0.4) is 0 Å². The van der Waals surface area contributed by atoms with Crippen molar-refractivity contribution in [3.63, 3.8) is 0 Å². The molecule has 1 N–H and O–H groups in total. The normalized spacial score (nSPS) is 18.5. The Morgan fingerprint density at radius 2 is 1.79 bits per heavy atom. The Morgan fingerprint density at radius 3 is 2.51 bits per heavy atom. The molecule has 2 aromatic heterocycles. The number of carbonyl (C=O) groups is 2. The van der Waals surface area contributed by atoms with E-state index in [0.717, 1.165) is 29.0 Å². The zero-order valence-electron chi connectivity index (χ0n) is 24.9. The van der Waals surface area contributed by atoms with Gasteiger partial charge in [0, 0.05) is 53.3 Å². The molecule has 0 radical (unpaired) electrons. The molecule has 5 heterocycles. The lowest BCUT2D eigenvalue weighted by atomic mass is 9.88. The monoisotopic (exact) mass is 673 g/mol. The molecule has 47 heavy (non-hydrogen) atoms. The lowest BCUT2D eigenvalue weighted by Gasteiger charge is -2.54. The van der Waals surface area contributed by atoms with Crippen LogP contribution in [0, 0.1) is 5.82 Å². The average Bonchev–Trinajstić information content (AvgIpc) is 3.45. The molecule has 2 bridgehead atoms. The molecule has 2 unspecified atom stereocenters. The molecule has 5 aromatic rings. The molecule has 0 saturated carbocycles. The van der Waals surface area contributed by atoms with Crippen molar-refractivity contribution in [1.82, 2.24) is 19.7 Å². The van der Waals surface area contributed by atoms with E-state index in [-0.39, 0.29) is 52.1 Å². The summed E-state index contributed by atoms with van der Waals surface area (Å²) in [5, 5.41) is 15.6. The highest BCUT2D eigenvalue weighted by atomic mass is 35.5. The van der Waals surface area contributed by atoms with Gasteiger partial charge in [0.25, 0.3) is 5.91 Å². The number of nitrogens with zero attached hydrogens (tertiary/aromatic N) is 5. The zero-order valence-corrected chi connectivity index (χ0v) is 26.4. The molecule has 0 spiro atoms. The molecule has 13 heteroatoms. The highest BCUT2D eigenvalue weighted by molar-refractivity contribution is 6.40. The van der Waals surface area contributed by atoms with Crippen molar-refractivity contribution >= 4 is 51.7 Å². The van der Waals surface area contributed by atoms with Crippen molar-refractivity contribution in [3.05, 3.63) is 93.6 Å². The molecule has 238 valence electrons. The summed E-state index contributed by atoms with van der Waals surface area (Å²) in [5.41, 5.74) is 3.94. The lowest BCUT2D eigenvalue weighted by molar-refractivity contribution is 0.0101. The van der Waals surface area contributed by atoms with Crippen LogP contribution in [0.2, 0.25) is 10.0 Å². The molecule has 10 nitrogen and oxygen atoms in total. The summed E-state index contributed by atoms with van der Waals surface area (Å²) in [5.74, 6) is -1.89. The predicted octanol–water partition coefficient (Wildman–Crippen LogP) is 6.42. The van der Waals surface area contributed by atoms with Gasteiger partial charge in [-0.2, -0.15) is 5.10 Å². The van der Waals surface area contributed by atoms with Gasteiger partial charge in [-0.05, 0) is 36.2 Å². The van der Waals surface area contributed by atoms with E-state index in [9.17, 15) is 14.7 Å². The third-order valence-electron chi connectivity index (χ3n) is 9.04. The third kappa shape index (κ3) is 4.88. The largest absolute Gasteiger partial charge is 0.478 e. The van der Waals surface area contributed by atoms with E-state index in [1.807, 2.05) is 18.1 Å². The maximum atomic E-state index is 15.6. The fourth-order valence-corrected chi connectivity index (χ4v) is 7.52. The predicted molar refractivity (Wildman–Crippen MR) is 174 cm³/mol. The van der Waals surface area contributed by atoms with Crippen LogP contribution >= 0.6 is 23.2 Å². The zero-order chi connectivity index (χ0) is 32.6. The number of anilines is 1. The molecule has 3 aromatic carbocycles. The summed E-state index contributed by atoms with van der Waals surface area (Å²) in [6.07, 6.45) is 6.15. The quantitative estimate of drug-likeness (QED) is 0.228. The first-order chi connectivity index (χ1) is 22.7. The van der Waals surface area contributed by atoms with Crippen LogP contribution in [0.1, 0.15) is 32.7 Å². The van der Waals surface area contributed by atoms with Gasteiger partial charge in [-0.25, -0.2) is 9.18 Å². The van der Waals surface area contributed by atoms with E-state index in [1.54, 1.807) is 53.5 Å². The fraction of sp³-hybridized carbons (Fsp3) is 0.235. The molecule has 2 saturated heterocycles. The van der Waals surface area contributed by atoms with E-state index in [0.29, 0.717) is 41.3 Å². The number of benzene rings is 3. The Balaban J connectivity index is 1.10. The van der Waals surface area contributed by atoms with Crippen molar-refractivity contribution in [1.29, 1.82) is 0 Å². The van der Waals surface area contributed by atoms with Gasteiger partial charge in [0.05, 0.1) is 58.7 Å². The minimum atomic E-state index is -1.20. The summed E-state index contributed by atoms with van der Waals surface area (Å²) in [6.45, 7) is 1.00. The van der Waals surface area contributed by atoms with E-state index in [2.05, 4.69) is 10.1 Å². The first-order valence-electron chi connectivity index (χ1n) is 14.9. The number of fused-ring (bicyclic) bond motifs is 4. The molecule has 3 aliphatic heterocycles. The summed E-state index contributed by atoms with van der Waals surface area (Å²) >= 11 is 13.4. The van der Waals surface area contributed by atoms with Gasteiger partial charge in [0.15, 0.2) is 6.73 Å². The summed E-state index contributed by atoms with van der Waals surface area (Å²) < 4.78 is 29.0. The number of carboxylic acid groups (broad SMARTS) is 1. The van der Waals surface area contributed by atoms with Gasteiger partial charge >= 0.3 is 5.97 Å². The Labute approximate surface area is 277 Å². The summed E-state index contributed by atoms with van der Waals surface area (Å²) in [6, 6.07) is 11.3. The Morgan fingerprint density at radius 1 is 1.02 bits per heavy atom. The van der Waals surface area contributed by atoms with Gasteiger partial charge in [0.2, 0.25) is 0 Å². The number of hydrogen-bond donors (Lipinski definition) is 1. The van der Waals surface area contributed by atoms with Crippen LogP contribution in [0.15, 0.2) is 61.1 Å². The molecule has 0 aliphatic carbocycles. The van der Waals surface area contributed by atoms with Crippen molar-refractivity contribution in [2.24, 2.45) is 7.05 Å². The highest BCUT2D eigenvalue weighted by Gasteiger charge is 2.44. The van der Waals surface area contributed by atoms with Crippen LogP contribution in [-0.4, -0.2) is 68.7 Å². The average molecular weight is 675 g/mol. The fourth-order valence-electron chi connectivity index (χ4n) is 6.87. The molecule has 2 atom stereocenters. The van der Waals surface area contributed by atoms with E-state index >= 15 is 4.39 Å². The Kier molecular flexibility index (Phi) is 7.08. The first-order valence-corrected chi connectivity index (χ1v) is 15.7. The standard InChI is InChI=1S/C34H26Cl2FN5O5/c1-40-12-19-10-38-11-25(31(19)39-40)18-5-26(35)30(27(36)6-18)33(43)41-13-17-3-2-4-22(32(17)47-16-41)23-9-29(24(34(44)45)8-28(23)37)42-20-7-21(42)15-46-14-20/h2-6,8-12,20-21H,7,13-16H2,1H3,(H,44,45). The number of carbonyl (C=O) groups excluding carboxylic acids is 1. The van der Waals surface area contributed by atoms with Gasteiger partial charge in [0.1, 0.15) is 17.1 Å². The van der Waals surface area contributed by atoms with Crippen molar-refractivity contribution in [3.8, 4) is 28.0 Å². The second-order valence-electron chi connectivity index (χ2n) is 12.0. The molecule has 2 fully saturated rings. The van der Waals surface area contributed by atoms with E-state index in [1.165, 1.54) is 4.90 Å². The van der Waals surface area contributed by atoms with Gasteiger partial charge in [-0.15, -0.1) is 0 Å². The number of ether oxygens (including phenoxy) is 2. The van der Waals surface area contributed by atoms with Crippen molar-refractivity contribution in [2.75, 3.05) is 24.8 Å². The van der Waals surface area contributed by atoms with E-state index in [4.69, 9.17) is 32.7 Å². The minimum Gasteiger partial charge on any atom is -0.478 e. The number of morpholine rings is 1.